The lowest BCUT2D eigenvalue weighted by Gasteiger charge is -2.34. The molecule has 3 N–H and O–H groups in total. The molecule has 1 amide bonds. The van der Waals surface area contributed by atoms with Crippen molar-refractivity contribution in [2.45, 2.75) is 19.6 Å². The number of rotatable bonds is 7. The fourth-order valence-electron chi connectivity index (χ4n) is 4.97. The summed E-state index contributed by atoms with van der Waals surface area (Å²) in [5, 5.41) is 19.8. The molecule has 0 unspecified atom stereocenters. The molecule has 39 heavy (non-hydrogen) atoms. The number of aliphatic hydroxyl groups excluding tert-OH is 1. The summed E-state index contributed by atoms with van der Waals surface area (Å²) in [4.78, 5) is 17.4. The molecular formula is C29H30F3N5O2. The third kappa shape index (κ3) is 6.30. The van der Waals surface area contributed by atoms with Crippen LogP contribution in [0, 0.1) is 6.92 Å². The van der Waals surface area contributed by atoms with Crippen LogP contribution in [0.2, 0.25) is 0 Å². The Hall–Kier alpha value is -3.73. The van der Waals surface area contributed by atoms with Crippen molar-refractivity contribution in [3.8, 4) is 11.1 Å². The average Bonchev–Trinajstić information content (AvgIpc) is 3.38. The number of aromatic amines is 1. The zero-order valence-electron chi connectivity index (χ0n) is 21.6. The fraction of sp³-hybridized carbons (Fsp3) is 0.310. The van der Waals surface area contributed by atoms with Gasteiger partial charge in [-0.05, 0) is 65.6 Å². The summed E-state index contributed by atoms with van der Waals surface area (Å²) in [6.45, 7) is 5.81. The number of aromatic nitrogens is 2. The molecule has 1 saturated heterocycles. The molecule has 5 rings (SSSR count). The van der Waals surface area contributed by atoms with Gasteiger partial charge >= 0.3 is 6.18 Å². The topological polar surface area (TPSA) is 84.5 Å². The smallest absolute Gasteiger partial charge is 0.395 e. The van der Waals surface area contributed by atoms with Crippen LogP contribution in [0.3, 0.4) is 0 Å². The number of hydrogen-bond donors (Lipinski definition) is 3. The highest BCUT2D eigenvalue weighted by Crippen LogP contribution is 2.33. The second kappa shape index (κ2) is 11.2. The maximum Gasteiger partial charge on any atom is 0.416 e. The van der Waals surface area contributed by atoms with E-state index in [1.165, 1.54) is 0 Å². The van der Waals surface area contributed by atoms with Gasteiger partial charge in [0.1, 0.15) is 0 Å². The Kier molecular flexibility index (Phi) is 7.69. The van der Waals surface area contributed by atoms with Crippen molar-refractivity contribution >= 4 is 22.5 Å². The molecule has 204 valence electrons. The molecule has 1 aliphatic heterocycles. The molecule has 1 aliphatic rings. The van der Waals surface area contributed by atoms with E-state index in [-0.39, 0.29) is 12.3 Å². The SMILES string of the molecule is Cc1ccc(C(=O)Nc2cc(CN3CCN(CCO)CC3)cc(C(F)(F)F)c2)cc1-c1ccc2cn[nH]c2c1. The van der Waals surface area contributed by atoms with Gasteiger partial charge in [0.15, 0.2) is 0 Å². The molecule has 4 aromatic rings. The summed E-state index contributed by atoms with van der Waals surface area (Å²) in [6.07, 6.45) is -2.81. The van der Waals surface area contributed by atoms with Gasteiger partial charge in [-0.25, -0.2) is 0 Å². The molecule has 10 heteroatoms. The first-order valence-corrected chi connectivity index (χ1v) is 12.8. The van der Waals surface area contributed by atoms with Gasteiger partial charge < -0.3 is 10.4 Å². The number of carbonyl (C=O) groups excluding carboxylic acids is 1. The molecule has 1 aromatic heterocycles. The highest BCUT2D eigenvalue weighted by Gasteiger charge is 2.31. The Morgan fingerprint density at radius 1 is 1.03 bits per heavy atom. The van der Waals surface area contributed by atoms with Gasteiger partial charge in [-0.3, -0.25) is 19.7 Å². The Morgan fingerprint density at radius 2 is 1.79 bits per heavy atom. The molecular weight excluding hydrogens is 507 g/mol. The molecule has 0 atom stereocenters. The zero-order valence-corrected chi connectivity index (χ0v) is 21.6. The highest BCUT2D eigenvalue weighted by molar-refractivity contribution is 6.05. The van der Waals surface area contributed by atoms with Gasteiger partial charge in [-0.1, -0.05) is 18.2 Å². The van der Waals surface area contributed by atoms with E-state index in [0.29, 0.717) is 37.3 Å². The van der Waals surface area contributed by atoms with Crippen molar-refractivity contribution in [2.24, 2.45) is 0 Å². The largest absolute Gasteiger partial charge is 0.416 e. The minimum atomic E-state index is -4.54. The number of H-pyrrole nitrogens is 1. The number of nitrogens with one attached hydrogen (secondary N) is 2. The quantitative estimate of drug-likeness (QED) is 0.312. The van der Waals surface area contributed by atoms with Crippen LogP contribution in [0.1, 0.15) is 27.0 Å². The van der Waals surface area contributed by atoms with E-state index in [2.05, 4.69) is 25.3 Å². The molecule has 0 radical (unpaired) electrons. The minimum Gasteiger partial charge on any atom is -0.395 e. The second-order valence-electron chi connectivity index (χ2n) is 9.91. The zero-order chi connectivity index (χ0) is 27.6. The number of β-amino-alcohol motifs (C(OH)–C–C–N with tert-alkyl or cyclic N) is 1. The van der Waals surface area contributed by atoms with Gasteiger partial charge in [0.2, 0.25) is 0 Å². The number of piperazine rings is 1. The van der Waals surface area contributed by atoms with Crippen molar-refractivity contribution in [3.63, 3.8) is 0 Å². The van der Waals surface area contributed by atoms with E-state index < -0.39 is 17.6 Å². The van der Waals surface area contributed by atoms with Gasteiger partial charge in [-0.15, -0.1) is 0 Å². The van der Waals surface area contributed by atoms with Crippen LogP contribution in [0.25, 0.3) is 22.0 Å². The van der Waals surface area contributed by atoms with Crippen LogP contribution < -0.4 is 5.32 Å². The normalized spacial score (nSPS) is 15.1. The Bertz CT molecular complexity index is 1480. The standard InChI is InChI=1S/C29H30F3N5O2/c1-19-2-3-22(14-26(19)21-4-5-23-17-33-35-27(23)15-21)28(39)34-25-13-20(12-24(16-25)29(30,31)32)18-37-8-6-36(7-9-37)10-11-38/h2-5,12-17,38H,6-11,18H2,1H3,(H,33,35)(H,34,39). The van der Waals surface area contributed by atoms with Gasteiger partial charge in [0.05, 0.1) is 23.9 Å². The number of aliphatic hydroxyl groups is 1. The van der Waals surface area contributed by atoms with E-state index in [9.17, 15) is 18.0 Å². The van der Waals surface area contributed by atoms with Gasteiger partial charge in [0, 0.05) is 55.9 Å². The minimum absolute atomic E-state index is 0.0820. The van der Waals surface area contributed by atoms with Crippen LogP contribution in [-0.4, -0.2) is 70.3 Å². The highest BCUT2D eigenvalue weighted by atomic mass is 19.4. The Labute approximate surface area is 224 Å². The number of anilines is 1. The average molecular weight is 538 g/mol. The molecule has 0 bridgehead atoms. The lowest BCUT2D eigenvalue weighted by atomic mass is 9.97. The van der Waals surface area contributed by atoms with E-state index in [4.69, 9.17) is 5.11 Å². The molecule has 0 saturated carbocycles. The van der Waals surface area contributed by atoms with E-state index in [0.717, 1.165) is 52.8 Å². The van der Waals surface area contributed by atoms with E-state index in [1.807, 2.05) is 31.2 Å². The first-order valence-electron chi connectivity index (χ1n) is 12.8. The summed E-state index contributed by atoms with van der Waals surface area (Å²) >= 11 is 0. The summed E-state index contributed by atoms with van der Waals surface area (Å²) in [5.41, 5.74) is 3.71. The first-order chi connectivity index (χ1) is 18.7. The number of fused-ring (bicyclic) bond motifs is 1. The van der Waals surface area contributed by atoms with Crippen LogP contribution in [-0.2, 0) is 12.7 Å². The van der Waals surface area contributed by atoms with Crippen LogP contribution >= 0.6 is 0 Å². The lowest BCUT2D eigenvalue weighted by molar-refractivity contribution is -0.137. The number of alkyl halides is 3. The predicted molar refractivity (Wildman–Crippen MR) is 144 cm³/mol. The number of amides is 1. The lowest BCUT2D eigenvalue weighted by Crippen LogP contribution is -2.46. The number of hydrogen-bond acceptors (Lipinski definition) is 5. The summed E-state index contributed by atoms with van der Waals surface area (Å²) in [5.74, 6) is -0.484. The third-order valence-corrected chi connectivity index (χ3v) is 7.12. The van der Waals surface area contributed by atoms with Gasteiger partial charge in [-0.2, -0.15) is 18.3 Å². The molecule has 1 fully saturated rings. The predicted octanol–water partition coefficient (Wildman–Crippen LogP) is 4.92. The van der Waals surface area contributed by atoms with Crippen LogP contribution in [0.4, 0.5) is 18.9 Å². The monoisotopic (exact) mass is 537 g/mol. The summed E-state index contributed by atoms with van der Waals surface area (Å²) in [7, 11) is 0. The summed E-state index contributed by atoms with van der Waals surface area (Å²) < 4.78 is 41.2. The third-order valence-electron chi connectivity index (χ3n) is 7.12. The Balaban J connectivity index is 1.37. The number of benzene rings is 3. The number of aryl methyl sites for hydroxylation is 1. The molecule has 3 aromatic carbocycles. The fourth-order valence-corrected chi connectivity index (χ4v) is 4.97. The molecule has 0 spiro atoms. The van der Waals surface area contributed by atoms with Crippen LogP contribution in [0.15, 0.2) is 60.8 Å². The number of carbonyl (C=O) groups is 1. The van der Waals surface area contributed by atoms with E-state index in [1.54, 1.807) is 24.4 Å². The Morgan fingerprint density at radius 3 is 2.54 bits per heavy atom. The second-order valence-corrected chi connectivity index (χ2v) is 9.91. The van der Waals surface area contributed by atoms with Crippen molar-refractivity contribution in [1.82, 2.24) is 20.0 Å². The first kappa shape index (κ1) is 26.9. The molecule has 0 aliphatic carbocycles. The van der Waals surface area contributed by atoms with Gasteiger partial charge in [0.25, 0.3) is 5.91 Å². The molecule has 2 heterocycles. The van der Waals surface area contributed by atoms with Crippen molar-refractivity contribution in [2.75, 3.05) is 44.6 Å². The van der Waals surface area contributed by atoms with Crippen molar-refractivity contribution in [3.05, 3.63) is 83.0 Å². The van der Waals surface area contributed by atoms with Crippen LogP contribution in [0.5, 0.6) is 0 Å². The number of halogens is 3. The maximum atomic E-state index is 13.7. The number of nitrogens with zero attached hydrogens (tertiary/aromatic N) is 3. The van der Waals surface area contributed by atoms with Crippen molar-refractivity contribution in [1.29, 1.82) is 0 Å². The molecule has 7 nitrogen and oxygen atoms in total. The summed E-state index contributed by atoms with van der Waals surface area (Å²) in [6, 6.07) is 14.8. The maximum absolute atomic E-state index is 13.7. The van der Waals surface area contributed by atoms with E-state index >= 15 is 0 Å². The van der Waals surface area contributed by atoms with Crippen molar-refractivity contribution < 1.29 is 23.1 Å².